The molecule has 5 rings (SSSR count). The second-order valence-electron chi connectivity index (χ2n) is 11.4. The van der Waals surface area contributed by atoms with Gasteiger partial charge in [-0.1, -0.05) is 37.6 Å². The molecule has 3 amide bonds. The number of nitrogens with one attached hydrogen (secondary N) is 1. The van der Waals surface area contributed by atoms with E-state index >= 15 is 0 Å². The Labute approximate surface area is 288 Å². The summed E-state index contributed by atoms with van der Waals surface area (Å²) >= 11 is 2.51. The van der Waals surface area contributed by atoms with Crippen LogP contribution in [0.1, 0.15) is 37.3 Å². The molecule has 4 heterocycles. The summed E-state index contributed by atoms with van der Waals surface area (Å²) in [6, 6.07) is 9.44. The second-order valence-corrected chi connectivity index (χ2v) is 13.5. The van der Waals surface area contributed by atoms with Crippen LogP contribution in [0.2, 0.25) is 0 Å². The average Bonchev–Trinajstić information content (AvgIpc) is 3.39. The first kappa shape index (κ1) is 35.5. The third-order valence-corrected chi connectivity index (χ3v) is 10.2. The lowest BCUT2D eigenvalue weighted by molar-refractivity contribution is -0.150. The molecule has 0 aliphatic carbocycles. The summed E-state index contributed by atoms with van der Waals surface area (Å²) in [6.07, 6.45) is 0.885. The van der Waals surface area contributed by atoms with E-state index < -0.39 is 47.0 Å². The van der Waals surface area contributed by atoms with Crippen molar-refractivity contribution in [2.75, 3.05) is 25.2 Å². The highest BCUT2D eigenvalue weighted by atomic mass is 32.2. The Bertz CT molecular complexity index is 1870. The summed E-state index contributed by atoms with van der Waals surface area (Å²) in [6.45, 7) is 2.45. The highest BCUT2D eigenvalue weighted by Gasteiger charge is 2.54. The number of hydrogen-bond donors (Lipinski definition) is 3. The summed E-state index contributed by atoms with van der Waals surface area (Å²) in [5.41, 5.74) is 1.40. The number of aryl methyl sites for hydroxylation is 1. The van der Waals surface area contributed by atoms with Gasteiger partial charge in [0.15, 0.2) is 5.65 Å². The number of nitrogens with zero attached hydrogens (tertiary/aromatic N) is 6. The topological polar surface area (TPSA) is 206 Å². The molecule has 3 aromatic rings. The number of rotatable bonds is 15. The maximum atomic E-state index is 13.2. The summed E-state index contributed by atoms with van der Waals surface area (Å²) in [7, 11) is 1.62. The zero-order chi connectivity index (χ0) is 35.2. The van der Waals surface area contributed by atoms with Crippen molar-refractivity contribution in [3.63, 3.8) is 0 Å². The van der Waals surface area contributed by atoms with Gasteiger partial charge in [-0.05, 0) is 35.3 Å². The number of β-lactam (4-membered cyclic amide) rings is 1. The normalized spacial score (nSPS) is 17.0. The van der Waals surface area contributed by atoms with E-state index in [0.717, 1.165) is 27.6 Å². The van der Waals surface area contributed by atoms with Crippen LogP contribution in [0.3, 0.4) is 0 Å². The Kier molecular flexibility index (Phi) is 11.3. The van der Waals surface area contributed by atoms with Gasteiger partial charge in [0.25, 0.3) is 5.91 Å². The lowest BCUT2D eigenvalue weighted by Gasteiger charge is -2.49. The van der Waals surface area contributed by atoms with Gasteiger partial charge in [0.1, 0.15) is 22.1 Å². The standard InChI is InChI=1S/C31H35N7O9S2/c1-3-4-13-47-31(46)35(2)15-19-8-6-5-7-18(19)14-22(39)32-25-27(42)37-26(29(43)44)20(17-49-28(25)37)16-48-23-10-9-21-33-36(12-11-24(40)41)30(45)38(21)34-23/h5-10,25,28H,3-4,11-17H2,1-2H3,(H,32,39)(H,40,41)(H,43,44)/t25?,28-/m1/s1. The molecule has 2 aromatic heterocycles. The van der Waals surface area contributed by atoms with E-state index in [1.165, 1.54) is 33.3 Å². The quantitative estimate of drug-likeness (QED) is 0.117. The van der Waals surface area contributed by atoms with E-state index in [9.17, 15) is 33.9 Å². The van der Waals surface area contributed by atoms with Crippen LogP contribution in [-0.2, 0) is 43.4 Å². The number of carboxylic acids is 2. The average molecular weight is 714 g/mol. The van der Waals surface area contributed by atoms with E-state index in [1.54, 1.807) is 31.3 Å². The number of carbonyl (C=O) groups is 5. The zero-order valence-corrected chi connectivity index (χ0v) is 28.4. The van der Waals surface area contributed by atoms with Crippen molar-refractivity contribution in [3.05, 3.63) is 69.3 Å². The summed E-state index contributed by atoms with van der Waals surface area (Å²) in [5, 5.41) is 29.9. The molecule has 0 radical (unpaired) electrons. The molecule has 0 spiro atoms. The van der Waals surface area contributed by atoms with Crippen LogP contribution in [0, 0.1) is 0 Å². The maximum absolute atomic E-state index is 13.2. The highest BCUT2D eigenvalue weighted by Crippen LogP contribution is 2.41. The molecule has 0 bridgehead atoms. The molecule has 1 saturated heterocycles. The maximum Gasteiger partial charge on any atom is 0.409 e. The number of benzene rings is 1. The number of aliphatic carboxylic acids is 2. The van der Waals surface area contributed by atoms with E-state index in [0.29, 0.717) is 22.8 Å². The minimum Gasteiger partial charge on any atom is -0.481 e. The molecule has 18 heteroatoms. The molecule has 49 heavy (non-hydrogen) atoms. The molecular weight excluding hydrogens is 679 g/mol. The zero-order valence-electron chi connectivity index (χ0n) is 26.7. The first-order valence-electron chi connectivity index (χ1n) is 15.4. The van der Waals surface area contributed by atoms with Crippen molar-refractivity contribution in [1.29, 1.82) is 0 Å². The first-order valence-corrected chi connectivity index (χ1v) is 17.5. The van der Waals surface area contributed by atoms with Crippen LogP contribution in [0.25, 0.3) is 5.65 Å². The van der Waals surface area contributed by atoms with Gasteiger partial charge in [-0.3, -0.25) is 19.3 Å². The predicted octanol–water partition coefficient (Wildman–Crippen LogP) is 1.81. The summed E-state index contributed by atoms with van der Waals surface area (Å²) < 4.78 is 7.33. The summed E-state index contributed by atoms with van der Waals surface area (Å²) in [5.74, 6) is -2.84. The number of carboxylic acid groups (broad SMARTS) is 2. The van der Waals surface area contributed by atoms with Gasteiger partial charge in [-0.25, -0.2) is 19.1 Å². The number of amides is 3. The smallest absolute Gasteiger partial charge is 0.409 e. The Morgan fingerprint density at radius 2 is 1.86 bits per heavy atom. The number of fused-ring (bicyclic) bond motifs is 2. The number of thioether (sulfide) groups is 2. The Balaban J connectivity index is 1.21. The van der Waals surface area contributed by atoms with E-state index in [-0.39, 0.29) is 48.8 Å². The molecular formula is C31H35N7O9S2. The molecule has 0 saturated carbocycles. The van der Waals surface area contributed by atoms with Gasteiger partial charge < -0.3 is 25.2 Å². The van der Waals surface area contributed by atoms with E-state index in [4.69, 9.17) is 9.84 Å². The van der Waals surface area contributed by atoms with Gasteiger partial charge in [-0.2, -0.15) is 9.61 Å². The van der Waals surface area contributed by atoms with Gasteiger partial charge >= 0.3 is 23.7 Å². The first-order chi connectivity index (χ1) is 23.5. The monoisotopic (exact) mass is 713 g/mol. The van der Waals surface area contributed by atoms with Crippen LogP contribution in [0.4, 0.5) is 4.79 Å². The van der Waals surface area contributed by atoms with Crippen LogP contribution in [-0.4, -0.2) is 106 Å². The second kappa shape index (κ2) is 15.6. The van der Waals surface area contributed by atoms with Gasteiger partial charge in [-0.15, -0.1) is 28.6 Å². The van der Waals surface area contributed by atoms with Crippen molar-refractivity contribution in [1.82, 2.24) is 34.5 Å². The van der Waals surface area contributed by atoms with Crippen molar-refractivity contribution in [2.24, 2.45) is 0 Å². The Hall–Kier alpha value is -4.84. The number of unbranched alkanes of at least 4 members (excludes halogenated alkanes) is 1. The van der Waals surface area contributed by atoms with Gasteiger partial charge in [0.2, 0.25) is 5.91 Å². The number of ether oxygens (including phenoxy) is 1. The highest BCUT2D eigenvalue weighted by molar-refractivity contribution is 8.01. The van der Waals surface area contributed by atoms with Crippen molar-refractivity contribution in [3.8, 4) is 0 Å². The molecule has 260 valence electrons. The van der Waals surface area contributed by atoms with Crippen molar-refractivity contribution in [2.45, 2.75) is 62.1 Å². The van der Waals surface area contributed by atoms with Crippen LogP contribution >= 0.6 is 23.5 Å². The largest absolute Gasteiger partial charge is 0.481 e. The van der Waals surface area contributed by atoms with Gasteiger partial charge in [0, 0.05) is 25.1 Å². The number of aromatic nitrogens is 4. The fraction of sp³-hybridized carbons (Fsp3) is 0.419. The van der Waals surface area contributed by atoms with Crippen molar-refractivity contribution < 1.29 is 38.9 Å². The molecule has 1 aromatic carbocycles. The summed E-state index contributed by atoms with van der Waals surface area (Å²) in [4.78, 5) is 77.1. The third kappa shape index (κ3) is 8.07. The molecule has 2 aliphatic heterocycles. The molecule has 3 N–H and O–H groups in total. The fourth-order valence-electron chi connectivity index (χ4n) is 5.29. The lowest BCUT2D eigenvalue weighted by atomic mass is 10.0. The molecule has 1 fully saturated rings. The van der Waals surface area contributed by atoms with Crippen LogP contribution < -0.4 is 11.0 Å². The Morgan fingerprint density at radius 1 is 1.10 bits per heavy atom. The van der Waals surface area contributed by atoms with E-state index in [1.807, 2.05) is 19.1 Å². The van der Waals surface area contributed by atoms with E-state index in [2.05, 4.69) is 15.5 Å². The minimum absolute atomic E-state index is 0.0432. The van der Waals surface area contributed by atoms with Crippen LogP contribution in [0.5, 0.6) is 0 Å². The SMILES string of the molecule is CCCCOC(=O)N(C)Cc1ccccc1CC(=O)NC1C(=O)N2C(C(=O)O)=C(CSc3ccc4nn(CCC(=O)O)c(=O)n4n3)CS[C@H]12. The number of hydrogen-bond acceptors (Lipinski definition) is 11. The molecule has 2 atom stereocenters. The fourth-order valence-corrected chi connectivity index (χ4v) is 7.63. The lowest BCUT2D eigenvalue weighted by Crippen LogP contribution is -2.70. The molecule has 1 unspecified atom stereocenters. The minimum atomic E-state index is -1.27. The predicted molar refractivity (Wildman–Crippen MR) is 178 cm³/mol. The molecule has 2 aliphatic rings. The Morgan fingerprint density at radius 3 is 2.57 bits per heavy atom. The molecule has 16 nitrogen and oxygen atoms in total. The number of carbonyl (C=O) groups excluding carboxylic acids is 3. The van der Waals surface area contributed by atoms with Crippen molar-refractivity contribution >= 4 is 59.0 Å². The van der Waals surface area contributed by atoms with Crippen LogP contribution in [0.15, 0.2) is 57.5 Å². The van der Waals surface area contributed by atoms with Gasteiger partial charge in [0.05, 0.1) is 26.0 Å². The third-order valence-electron chi connectivity index (χ3n) is 7.83.